The molecule has 0 atom stereocenters. The standard InChI is InChI=1S/C14H14N6O2S2.3H2/c15-24(21,22)13-4-3-11(23-13)9-5-6-16-14(17-9)18-12-7-10(19-20-12)8-1-2-8;;;/h3-8H,1-2H2,(H2,15,21,22)(H2,16,17,18,19,20);3*1H. The molecule has 0 saturated heterocycles. The molecule has 24 heavy (non-hydrogen) atoms. The molecule has 10 heteroatoms. The van der Waals surface area contributed by atoms with E-state index in [2.05, 4.69) is 25.5 Å². The number of rotatable bonds is 5. The summed E-state index contributed by atoms with van der Waals surface area (Å²) in [6.07, 6.45) is 3.99. The van der Waals surface area contributed by atoms with E-state index in [1.165, 1.54) is 18.9 Å². The van der Waals surface area contributed by atoms with E-state index in [1.54, 1.807) is 18.3 Å². The second kappa shape index (κ2) is 5.65. The fourth-order valence-corrected chi connectivity index (χ4v) is 3.98. The number of hydrogen-bond donors (Lipinski definition) is 3. The highest BCUT2D eigenvalue weighted by atomic mass is 32.2. The van der Waals surface area contributed by atoms with Crippen molar-refractivity contribution < 1.29 is 12.7 Å². The van der Waals surface area contributed by atoms with Crippen LogP contribution < -0.4 is 10.5 Å². The van der Waals surface area contributed by atoms with Gasteiger partial charge in [-0.05, 0) is 31.0 Å². The van der Waals surface area contributed by atoms with Crippen LogP contribution in [0.5, 0.6) is 0 Å². The molecule has 0 bridgehead atoms. The second-order valence-electron chi connectivity index (χ2n) is 5.54. The largest absolute Gasteiger partial charge is 0.307 e. The molecular formula is C14H20N6O2S2. The van der Waals surface area contributed by atoms with E-state index in [4.69, 9.17) is 5.14 Å². The third-order valence-corrected chi connectivity index (χ3v) is 6.17. The smallest absolute Gasteiger partial charge is 0.247 e. The maximum atomic E-state index is 11.4. The first-order chi connectivity index (χ1) is 11.5. The molecule has 0 spiro atoms. The molecule has 0 aromatic carbocycles. The van der Waals surface area contributed by atoms with Crippen LogP contribution in [0.1, 0.15) is 28.7 Å². The summed E-state index contributed by atoms with van der Waals surface area (Å²) in [5.74, 6) is 1.64. The lowest BCUT2D eigenvalue weighted by atomic mass is 10.3. The summed E-state index contributed by atoms with van der Waals surface area (Å²) in [7, 11) is -3.70. The monoisotopic (exact) mass is 368 g/mol. The summed E-state index contributed by atoms with van der Waals surface area (Å²) >= 11 is 1.07. The Labute approximate surface area is 146 Å². The van der Waals surface area contributed by atoms with Gasteiger partial charge in [-0.2, -0.15) is 5.10 Å². The quantitative estimate of drug-likeness (QED) is 0.635. The molecule has 3 aromatic heterocycles. The Balaban J connectivity index is 0.00000121. The molecule has 0 aliphatic heterocycles. The maximum Gasteiger partial charge on any atom is 0.247 e. The van der Waals surface area contributed by atoms with E-state index >= 15 is 0 Å². The number of anilines is 2. The lowest BCUT2D eigenvalue weighted by Gasteiger charge is -2.02. The summed E-state index contributed by atoms with van der Waals surface area (Å²) in [5, 5.41) is 15.4. The van der Waals surface area contributed by atoms with Gasteiger partial charge in [0.1, 0.15) is 4.21 Å². The second-order valence-corrected chi connectivity index (χ2v) is 8.41. The van der Waals surface area contributed by atoms with Gasteiger partial charge >= 0.3 is 0 Å². The first-order valence-electron chi connectivity index (χ1n) is 7.27. The van der Waals surface area contributed by atoms with E-state index in [0.29, 0.717) is 28.3 Å². The van der Waals surface area contributed by atoms with Gasteiger partial charge in [0.15, 0.2) is 5.82 Å². The van der Waals surface area contributed by atoms with Gasteiger partial charge in [-0.3, -0.25) is 5.10 Å². The Morgan fingerprint density at radius 3 is 2.88 bits per heavy atom. The highest BCUT2D eigenvalue weighted by Crippen LogP contribution is 2.39. The summed E-state index contributed by atoms with van der Waals surface area (Å²) < 4.78 is 22.9. The number of nitrogens with zero attached hydrogens (tertiary/aromatic N) is 3. The van der Waals surface area contributed by atoms with Crippen LogP contribution in [-0.4, -0.2) is 28.6 Å². The van der Waals surface area contributed by atoms with Crippen LogP contribution in [0.3, 0.4) is 0 Å². The Hall–Kier alpha value is -2.30. The lowest BCUT2D eigenvalue weighted by Crippen LogP contribution is -2.09. The van der Waals surface area contributed by atoms with Gasteiger partial charge in [0.2, 0.25) is 16.0 Å². The lowest BCUT2D eigenvalue weighted by molar-refractivity contribution is 0.600. The molecule has 0 unspecified atom stereocenters. The van der Waals surface area contributed by atoms with Crippen LogP contribution in [0.2, 0.25) is 0 Å². The zero-order valence-corrected chi connectivity index (χ0v) is 14.1. The first kappa shape index (κ1) is 15.2. The molecular weight excluding hydrogens is 348 g/mol. The van der Waals surface area contributed by atoms with Crippen LogP contribution in [-0.2, 0) is 10.0 Å². The van der Waals surface area contributed by atoms with Crippen molar-refractivity contribution in [3.8, 4) is 10.6 Å². The molecule has 3 heterocycles. The number of aromatic amines is 1. The summed E-state index contributed by atoms with van der Waals surface area (Å²) in [4.78, 5) is 9.27. The van der Waals surface area contributed by atoms with Crippen LogP contribution in [0.4, 0.5) is 11.8 Å². The van der Waals surface area contributed by atoms with Gasteiger partial charge < -0.3 is 5.32 Å². The van der Waals surface area contributed by atoms with Gasteiger partial charge in [0.25, 0.3) is 0 Å². The number of nitrogens with one attached hydrogen (secondary N) is 2. The number of nitrogens with two attached hydrogens (primary N) is 1. The van der Waals surface area contributed by atoms with E-state index in [9.17, 15) is 8.42 Å². The molecule has 3 aromatic rings. The van der Waals surface area contributed by atoms with Gasteiger partial charge in [0, 0.05) is 28.2 Å². The first-order valence-corrected chi connectivity index (χ1v) is 9.64. The minimum atomic E-state index is -3.70. The zero-order valence-electron chi connectivity index (χ0n) is 12.4. The van der Waals surface area contributed by atoms with Crippen LogP contribution in [0.15, 0.2) is 34.7 Å². The minimum Gasteiger partial charge on any atom is -0.307 e. The van der Waals surface area contributed by atoms with Crippen molar-refractivity contribution in [3.05, 3.63) is 36.2 Å². The Morgan fingerprint density at radius 1 is 1.33 bits per heavy atom. The summed E-state index contributed by atoms with van der Waals surface area (Å²) in [6, 6.07) is 6.82. The van der Waals surface area contributed by atoms with E-state index < -0.39 is 10.0 Å². The number of hydrogen-bond acceptors (Lipinski definition) is 7. The highest BCUT2D eigenvalue weighted by molar-refractivity contribution is 7.91. The predicted octanol–water partition coefficient (Wildman–Crippen LogP) is 2.93. The van der Waals surface area contributed by atoms with Crippen LogP contribution >= 0.6 is 11.3 Å². The third-order valence-electron chi connectivity index (χ3n) is 3.62. The fraction of sp³-hybridized carbons (Fsp3) is 0.214. The highest BCUT2D eigenvalue weighted by Gasteiger charge is 2.25. The van der Waals surface area contributed by atoms with E-state index in [0.717, 1.165) is 17.0 Å². The van der Waals surface area contributed by atoms with Crippen molar-refractivity contribution in [1.82, 2.24) is 20.2 Å². The van der Waals surface area contributed by atoms with Gasteiger partial charge in [0.05, 0.1) is 10.6 Å². The van der Waals surface area contributed by atoms with Crippen molar-refractivity contribution in [1.29, 1.82) is 0 Å². The Morgan fingerprint density at radius 2 is 2.17 bits per heavy atom. The van der Waals surface area contributed by atoms with Gasteiger partial charge in [-0.25, -0.2) is 23.5 Å². The van der Waals surface area contributed by atoms with Crippen molar-refractivity contribution >= 4 is 33.1 Å². The fourth-order valence-electron chi connectivity index (χ4n) is 2.29. The molecule has 4 rings (SSSR count). The molecule has 0 amide bonds. The van der Waals surface area contributed by atoms with Crippen LogP contribution in [0, 0.1) is 0 Å². The number of aromatic nitrogens is 4. The minimum absolute atomic E-state index is 0. The predicted molar refractivity (Wildman–Crippen MR) is 96.9 cm³/mol. The summed E-state index contributed by atoms with van der Waals surface area (Å²) in [6.45, 7) is 0. The number of primary sulfonamides is 1. The maximum absolute atomic E-state index is 11.4. The molecule has 1 aliphatic carbocycles. The SMILES string of the molecule is NS(=O)(=O)c1ccc(-c2ccnc(Nc3cc(C4CC4)[nH]n3)n2)s1.[HH].[HH].[HH]. The number of sulfonamides is 1. The Bertz CT molecular complexity index is 1000. The topological polar surface area (TPSA) is 127 Å². The van der Waals surface area contributed by atoms with Gasteiger partial charge in [-0.15, -0.1) is 11.3 Å². The van der Waals surface area contributed by atoms with Crippen molar-refractivity contribution in [2.45, 2.75) is 23.0 Å². The molecule has 1 fully saturated rings. The molecule has 4 N–H and O–H groups in total. The Kier molecular flexibility index (Phi) is 3.59. The third kappa shape index (κ3) is 3.16. The zero-order chi connectivity index (χ0) is 16.7. The molecule has 0 radical (unpaired) electrons. The molecule has 130 valence electrons. The number of H-pyrrole nitrogens is 1. The van der Waals surface area contributed by atoms with Gasteiger partial charge in [-0.1, -0.05) is 0 Å². The molecule has 1 aliphatic rings. The van der Waals surface area contributed by atoms with Crippen molar-refractivity contribution in [3.63, 3.8) is 0 Å². The normalized spacial score (nSPS) is 14.7. The molecule has 8 nitrogen and oxygen atoms in total. The average Bonchev–Trinajstić information content (AvgIpc) is 3.08. The summed E-state index contributed by atoms with van der Waals surface area (Å²) in [5.41, 5.74) is 1.73. The van der Waals surface area contributed by atoms with Crippen molar-refractivity contribution in [2.24, 2.45) is 5.14 Å². The average molecular weight is 368 g/mol. The molecule has 1 saturated carbocycles. The van der Waals surface area contributed by atoms with E-state index in [1.807, 2.05) is 6.07 Å². The van der Waals surface area contributed by atoms with Crippen molar-refractivity contribution in [2.75, 3.05) is 5.32 Å². The van der Waals surface area contributed by atoms with E-state index in [-0.39, 0.29) is 8.49 Å². The number of thiophene rings is 1. The van der Waals surface area contributed by atoms with Crippen LogP contribution in [0.25, 0.3) is 10.6 Å².